The summed E-state index contributed by atoms with van der Waals surface area (Å²) in [6, 6.07) is 6.75. The molecule has 0 bridgehead atoms. The minimum atomic E-state index is -3.42. The first-order chi connectivity index (χ1) is 9.04. The molecule has 0 radical (unpaired) electrons. The first-order valence-electron chi connectivity index (χ1n) is 6.15. The lowest BCUT2D eigenvalue weighted by atomic mass is 10.1. The van der Waals surface area contributed by atoms with Crippen LogP contribution in [0.3, 0.4) is 0 Å². The van der Waals surface area contributed by atoms with Crippen LogP contribution >= 0.6 is 0 Å². The van der Waals surface area contributed by atoms with Gasteiger partial charge >= 0.3 is 0 Å². The molecule has 2 rings (SSSR count). The Kier molecular flexibility index (Phi) is 4.09. The van der Waals surface area contributed by atoms with Gasteiger partial charge < -0.3 is 0 Å². The normalized spacial score (nSPS) is 17.9. The van der Waals surface area contributed by atoms with E-state index in [1.807, 2.05) is 6.92 Å². The van der Waals surface area contributed by atoms with E-state index in [1.165, 1.54) is 4.31 Å². The molecule has 6 nitrogen and oxygen atoms in total. The van der Waals surface area contributed by atoms with Crippen molar-refractivity contribution in [1.82, 2.24) is 4.31 Å². The van der Waals surface area contributed by atoms with Gasteiger partial charge in [0.15, 0.2) is 0 Å². The summed E-state index contributed by atoms with van der Waals surface area (Å²) in [6.45, 7) is 2.72. The van der Waals surface area contributed by atoms with E-state index in [2.05, 4.69) is 10.0 Å². The van der Waals surface area contributed by atoms with Crippen molar-refractivity contribution in [2.45, 2.75) is 30.7 Å². The van der Waals surface area contributed by atoms with E-state index in [1.54, 1.807) is 24.3 Å². The van der Waals surface area contributed by atoms with Crippen LogP contribution in [-0.2, 0) is 10.0 Å². The Bertz CT molecular complexity index is 583. The second kappa shape index (κ2) is 5.61. The summed E-state index contributed by atoms with van der Waals surface area (Å²) >= 11 is 0. The molecule has 1 saturated heterocycles. The van der Waals surface area contributed by atoms with Crippen LogP contribution in [0.2, 0.25) is 0 Å². The highest BCUT2D eigenvalue weighted by Crippen LogP contribution is 2.22. The fourth-order valence-electron chi connectivity index (χ4n) is 2.13. The van der Waals surface area contributed by atoms with Gasteiger partial charge in [-0.15, -0.1) is 0 Å². The van der Waals surface area contributed by atoms with Gasteiger partial charge in [-0.25, -0.2) is 8.42 Å². The van der Waals surface area contributed by atoms with Crippen LogP contribution in [0.4, 0.5) is 0 Å². The third kappa shape index (κ3) is 3.07. The lowest BCUT2D eigenvalue weighted by Crippen LogP contribution is -2.39. The highest BCUT2D eigenvalue weighted by molar-refractivity contribution is 7.89. The van der Waals surface area contributed by atoms with E-state index in [-0.39, 0.29) is 6.04 Å². The van der Waals surface area contributed by atoms with Gasteiger partial charge in [-0.05, 0) is 37.4 Å². The Morgan fingerprint density at radius 3 is 2.37 bits per heavy atom. The molecular weight excluding hydrogens is 264 g/mol. The van der Waals surface area contributed by atoms with Crippen molar-refractivity contribution < 1.29 is 8.42 Å². The van der Waals surface area contributed by atoms with Gasteiger partial charge in [0.05, 0.1) is 4.90 Å². The zero-order valence-corrected chi connectivity index (χ0v) is 11.5. The summed E-state index contributed by atoms with van der Waals surface area (Å²) in [6.07, 6.45) is 1.16. The quantitative estimate of drug-likeness (QED) is 0.484. The highest BCUT2D eigenvalue weighted by atomic mass is 32.2. The van der Waals surface area contributed by atoms with Gasteiger partial charge in [0.2, 0.25) is 10.0 Å². The number of sulfonamides is 1. The van der Waals surface area contributed by atoms with Crippen molar-refractivity contribution in [1.29, 1.82) is 0 Å². The lowest BCUT2D eigenvalue weighted by Gasteiger charge is -2.29. The summed E-state index contributed by atoms with van der Waals surface area (Å²) in [5.74, 6) is 0. The average molecular weight is 280 g/mol. The molecule has 0 saturated carbocycles. The Labute approximate surface area is 112 Å². The Balaban J connectivity index is 2.13. The molecular formula is C12H16N4O2S. The van der Waals surface area contributed by atoms with E-state index >= 15 is 0 Å². The van der Waals surface area contributed by atoms with Crippen molar-refractivity contribution in [3.63, 3.8) is 0 Å². The number of piperidine rings is 1. The number of benzene rings is 1. The van der Waals surface area contributed by atoms with Crippen molar-refractivity contribution in [2.75, 3.05) is 13.1 Å². The second-order valence-electron chi connectivity index (χ2n) is 4.65. The number of nitrogens with zero attached hydrogens (tertiary/aromatic N) is 4. The van der Waals surface area contributed by atoms with Crippen LogP contribution in [-0.4, -0.2) is 31.9 Å². The van der Waals surface area contributed by atoms with Crippen LogP contribution in [0, 0.1) is 6.92 Å². The Hall–Kier alpha value is -1.56. The maximum absolute atomic E-state index is 12.4. The molecule has 1 heterocycles. The fourth-order valence-corrected chi connectivity index (χ4v) is 3.60. The summed E-state index contributed by atoms with van der Waals surface area (Å²) in [4.78, 5) is 3.09. The molecule has 0 aliphatic carbocycles. The minimum Gasteiger partial charge on any atom is -0.207 e. The molecule has 0 amide bonds. The SMILES string of the molecule is Cc1ccc(S(=O)(=O)N2CCC(N=[N+]=[N-])CC2)cc1. The molecule has 0 N–H and O–H groups in total. The van der Waals surface area contributed by atoms with Gasteiger partial charge in [-0.2, -0.15) is 4.31 Å². The predicted molar refractivity (Wildman–Crippen MR) is 72.1 cm³/mol. The maximum Gasteiger partial charge on any atom is 0.243 e. The monoisotopic (exact) mass is 280 g/mol. The zero-order valence-electron chi connectivity index (χ0n) is 10.7. The molecule has 0 spiro atoms. The zero-order chi connectivity index (χ0) is 13.9. The molecule has 7 heteroatoms. The Morgan fingerprint density at radius 2 is 1.84 bits per heavy atom. The van der Waals surface area contributed by atoms with Gasteiger partial charge in [-0.3, -0.25) is 0 Å². The van der Waals surface area contributed by atoms with Crippen LogP contribution in [0.15, 0.2) is 34.3 Å². The molecule has 1 fully saturated rings. The van der Waals surface area contributed by atoms with Crippen LogP contribution in [0.25, 0.3) is 10.4 Å². The van der Waals surface area contributed by atoms with Crippen molar-refractivity contribution >= 4 is 10.0 Å². The summed E-state index contributed by atoms with van der Waals surface area (Å²) in [5, 5.41) is 3.64. The highest BCUT2D eigenvalue weighted by Gasteiger charge is 2.28. The fraction of sp³-hybridized carbons (Fsp3) is 0.500. The molecule has 0 atom stereocenters. The van der Waals surface area contributed by atoms with Gasteiger partial charge in [0.1, 0.15) is 0 Å². The van der Waals surface area contributed by atoms with E-state index in [4.69, 9.17) is 5.53 Å². The van der Waals surface area contributed by atoms with E-state index in [0.717, 1.165) is 5.56 Å². The molecule has 1 aliphatic heterocycles. The van der Waals surface area contributed by atoms with E-state index in [9.17, 15) is 8.42 Å². The summed E-state index contributed by atoms with van der Waals surface area (Å²) < 4.78 is 26.2. The topological polar surface area (TPSA) is 86.1 Å². The number of azide groups is 1. The molecule has 19 heavy (non-hydrogen) atoms. The second-order valence-corrected chi connectivity index (χ2v) is 6.59. The van der Waals surface area contributed by atoms with Crippen molar-refractivity contribution in [3.8, 4) is 0 Å². The third-order valence-electron chi connectivity index (χ3n) is 3.30. The number of rotatable bonds is 3. The van der Waals surface area contributed by atoms with Crippen molar-refractivity contribution in [3.05, 3.63) is 40.3 Å². The third-order valence-corrected chi connectivity index (χ3v) is 5.21. The van der Waals surface area contributed by atoms with Gasteiger partial charge in [-0.1, -0.05) is 22.8 Å². The summed E-state index contributed by atoms with van der Waals surface area (Å²) in [7, 11) is -3.42. The molecule has 102 valence electrons. The lowest BCUT2D eigenvalue weighted by molar-refractivity contribution is 0.320. The van der Waals surface area contributed by atoms with Crippen molar-refractivity contribution in [2.24, 2.45) is 5.11 Å². The van der Waals surface area contributed by atoms with Gasteiger partial charge in [0.25, 0.3) is 0 Å². The standard InChI is InChI=1S/C12H16N4O2S/c1-10-2-4-12(5-3-10)19(17,18)16-8-6-11(7-9-16)14-15-13/h2-5,11H,6-9H2,1H3. The molecule has 1 aromatic carbocycles. The predicted octanol–water partition coefficient (Wildman–Crippen LogP) is 2.46. The average Bonchev–Trinajstić information content (AvgIpc) is 2.40. The minimum absolute atomic E-state index is 0.0885. The molecule has 0 unspecified atom stereocenters. The Morgan fingerprint density at radius 1 is 1.26 bits per heavy atom. The van der Waals surface area contributed by atoms with E-state index in [0.29, 0.717) is 30.8 Å². The number of aryl methyl sites for hydroxylation is 1. The smallest absolute Gasteiger partial charge is 0.207 e. The summed E-state index contributed by atoms with van der Waals surface area (Å²) in [5.41, 5.74) is 9.40. The maximum atomic E-state index is 12.4. The molecule has 1 aromatic rings. The van der Waals surface area contributed by atoms with E-state index < -0.39 is 10.0 Å². The molecule has 1 aliphatic rings. The molecule has 0 aromatic heterocycles. The first kappa shape index (κ1) is 13.9. The largest absolute Gasteiger partial charge is 0.243 e. The van der Waals surface area contributed by atoms with Crippen LogP contribution < -0.4 is 0 Å². The van der Waals surface area contributed by atoms with Crippen LogP contribution in [0.1, 0.15) is 18.4 Å². The van der Waals surface area contributed by atoms with Gasteiger partial charge in [0, 0.05) is 24.0 Å². The number of hydrogen-bond acceptors (Lipinski definition) is 3. The number of hydrogen-bond donors (Lipinski definition) is 0. The first-order valence-corrected chi connectivity index (χ1v) is 7.59. The van der Waals surface area contributed by atoms with Crippen LogP contribution in [0.5, 0.6) is 0 Å².